The number of carbonyl (C=O) groups is 6. The molecule has 4 aliphatic rings. The smallest absolute Gasteiger partial charge is 0.408 e. The van der Waals surface area contributed by atoms with Crippen LogP contribution in [-0.4, -0.2) is 111 Å². The molecular weight excluding hydrogens is 855 g/mol. The van der Waals surface area contributed by atoms with E-state index in [1.165, 1.54) is 38.1 Å². The highest BCUT2D eigenvalue weighted by molar-refractivity contribution is 5.98. The van der Waals surface area contributed by atoms with E-state index >= 15 is 4.79 Å². The Kier molecular flexibility index (Phi) is 12.9. The van der Waals surface area contributed by atoms with Crippen molar-refractivity contribution in [2.24, 2.45) is 16.7 Å². The summed E-state index contributed by atoms with van der Waals surface area (Å²) in [4.78, 5) is 85.1. The molecule has 3 aliphatic carbocycles. The summed E-state index contributed by atoms with van der Waals surface area (Å²) in [5.74, 6) is -6.44. The molecule has 16 nitrogen and oxygen atoms in total. The van der Waals surface area contributed by atoms with Crippen LogP contribution in [0, 0.1) is 16.7 Å². The fourth-order valence-corrected chi connectivity index (χ4v) is 10.4. The van der Waals surface area contributed by atoms with Gasteiger partial charge >= 0.3 is 30.0 Å². The Bertz CT molecular complexity index is 2400. The Labute approximate surface area is 382 Å². The van der Waals surface area contributed by atoms with Gasteiger partial charge in [-0.1, -0.05) is 80.6 Å². The Balaban J connectivity index is 1.42. The van der Waals surface area contributed by atoms with Crippen molar-refractivity contribution in [3.05, 3.63) is 119 Å². The average molecular weight is 912 g/mol. The van der Waals surface area contributed by atoms with Crippen molar-refractivity contribution in [2.75, 3.05) is 6.61 Å². The van der Waals surface area contributed by atoms with Crippen LogP contribution in [-0.2, 0) is 42.8 Å². The Morgan fingerprint density at radius 2 is 1.38 bits per heavy atom. The van der Waals surface area contributed by atoms with Gasteiger partial charge < -0.3 is 49.1 Å². The zero-order valence-corrected chi connectivity index (χ0v) is 38.1. The predicted molar refractivity (Wildman–Crippen MR) is 233 cm³/mol. The molecule has 4 N–H and O–H groups in total. The number of ether oxygens (including phenoxy) is 6. The van der Waals surface area contributed by atoms with Gasteiger partial charge in [-0.05, 0) is 75.6 Å². The molecule has 7 rings (SSSR count). The van der Waals surface area contributed by atoms with Crippen LogP contribution in [0.5, 0.6) is 0 Å². The topological polar surface area (TPSA) is 231 Å². The highest BCUT2D eigenvalue weighted by Crippen LogP contribution is 2.64. The first kappa shape index (κ1) is 48.0. The number of aliphatic hydroxyl groups is 3. The number of fused-ring (bicyclic) bond motifs is 5. The van der Waals surface area contributed by atoms with E-state index in [2.05, 4.69) is 5.32 Å². The van der Waals surface area contributed by atoms with Gasteiger partial charge in [-0.2, -0.15) is 0 Å². The van der Waals surface area contributed by atoms with E-state index in [1.807, 2.05) is 0 Å². The number of amides is 1. The second kappa shape index (κ2) is 17.7. The normalized spacial score (nSPS) is 30.9. The summed E-state index contributed by atoms with van der Waals surface area (Å²) < 4.78 is 36.3. The van der Waals surface area contributed by atoms with Crippen molar-refractivity contribution in [3.63, 3.8) is 0 Å². The number of Topliss-reactive ketones (excluding diaryl/α,β-unsaturated/α-hetero) is 1. The summed E-state index contributed by atoms with van der Waals surface area (Å²) >= 11 is 0. The molecule has 2 unspecified atom stereocenters. The van der Waals surface area contributed by atoms with Crippen LogP contribution in [0.25, 0.3) is 0 Å². The van der Waals surface area contributed by atoms with Crippen molar-refractivity contribution in [1.29, 1.82) is 0 Å². The van der Waals surface area contributed by atoms with Crippen molar-refractivity contribution in [1.82, 2.24) is 5.32 Å². The van der Waals surface area contributed by atoms with Crippen LogP contribution >= 0.6 is 0 Å². The lowest BCUT2D eigenvalue weighted by Gasteiger charge is -2.67. The number of esters is 4. The molecular formula is C50H57NO15. The first-order valence-electron chi connectivity index (χ1n) is 21.9. The van der Waals surface area contributed by atoms with Crippen molar-refractivity contribution >= 4 is 35.8 Å². The third-order valence-corrected chi connectivity index (χ3v) is 13.8. The van der Waals surface area contributed by atoms with E-state index in [1.54, 1.807) is 101 Å². The van der Waals surface area contributed by atoms with Crippen molar-refractivity contribution < 1.29 is 72.5 Å². The van der Waals surface area contributed by atoms with Gasteiger partial charge in [-0.25, -0.2) is 19.2 Å². The van der Waals surface area contributed by atoms with Gasteiger partial charge in [0.2, 0.25) is 0 Å². The van der Waals surface area contributed by atoms with Crippen molar-refractivity contribution in [2.45, 2.75) is 128 Å². The Hall–Kier alpha value is -5.94. The number of alkyl carbamates (subject to hydrolysis) is 1. The maximum absolute atomic E-state index is 15.9. The number of nitrogens with one attached hydrogen (secondary N) is 1. The van der Waals surface area contributed by atoms with E-state index in [9.17, 15) is 39.3 Å². The fraction of sp³-hybridized carbons (Fsp3) is 0.480. The third kappa shape index (κ3) is 8.39. The van der Waals surface area contributed by atoms with Gasteiger partial charge in [0.25, 0.3) is 0 Å². The second-order valence-electron chi connectivity index (χ2n) is 19.3. The molecule has 0 radical (unpaired) electrons. The van der Waals surface area contributed by atoms with Crippen LogP contribution < -0.4 is 5.32 Å². The number of aliphatic hydroxyl groups excluding tert-OH is 2. The SMILES string of the molecule is CC(=O)O[C@@]12CO[C@@H]1C[C@H](O)[C@@]1(C)C(=O)[C@H](OC(=O)c3ccccc3)C3=C(C)[C@@H](OC(=O)[C@H](O)[C@@H](NC(=O)OC(C)(C)C)c4ccccc4)C[C@@](O)(C(OC(=O)c4ccccc4)C12)C3(C)C. The van der Waals surface area contributed by atoms with Gasteiger partial charge in [0.1, 0.15) is 29.5 Å². The van der Waals surface area contributed by atoms with Crippen LogP contribution in [0.15, 0.2) is 102 Å². The van der Waals surface area contributed by atoms with E-state index in [-0.39, 0.29) is 35.3 Å². The first-order chi connectivity index (χ1) is 31.0. The van der Waals surface area contributed by atoms with Gasteiger partial charge in [0.05, 0.1) is 41.2 Å². The van der Waals surface area contributed by atoms with Crippen molar-refractivity contribution in [3.8, 4) is 0 Å². The summed E-state index contributed by atoms with van der Waals surface area (Å²) in [6, 6.07) is 22.4. The Morgan fingerprint density at radius 1 is 0.833 bits per heavy atom. The molecule has 1 aliphatic heterocycles. The Morgan fingerprint density at radius 3 is 1.89 bits per heavy atom. The number of hydrogen-bond acceptors (Lipinski definition) is 15. The molecule has 3 aromatic rings. The standard InChI is InChI=1S/C50H57NO15/c1-27-32(62-44(58)37(54)36(29-18-12-9-13-19-29)51-45(59)66-46(3,4)5)25-50(60)41(64-43(57)31-22-16-11-17-23-31)39-48(8,33(53)24-34-49(39,26-61-34)65-28(2)52)40(55)38(35(27)47(50,6)7)63-42(56)30-20-14-10-15-21-30/h9-23,32-34,36-39,41,53-54,60H,24-26H2,1-8H3,(H,51,59)/t32-,33-,34+,36-,37+,38+,39?,41?,48+,49-,50+/m0/s1. The molecule has 1 saturated heterocycles. The number of carbonyl (C=O) groups excluding carboxylic acids is 6. The highest BCUT2D eigenvalue weighted by atomic mass is 16.6. The molecule has 1 amide bonds. The predicted octanol–water partition coefficient (Wildman–Crippen LogP) is 5.12. The largest absolute Gasteiger partial charge is 0.456 e. The summed E-state index contributed by atoms with van der Waals surface area (Å²) in [5, 5.41) is 40.5. The maximum Gasteiger partial charge on any atom is 0.408 e. The summed E-state index contributed by atoms with van der Waals surface area (Å²) in [7, 11) is 0. The van der Waals surface area contributed by atoms with Gasteiger partial charge in [0, 0.05) is 25.2 Å². The molecule has 3 aromatic carbocycles. The van der Waals surface area contributed by atoms with Gasteiger partial charge in [-0.3, -0.25) is 9.59 Å². The molecule has 1 heterocycles. The molecule has 3 fully saturated rings. The molecule has 0 aromatic heterocycles. The van der Waals surface area contributed by atoms with Crippen LogP contribution in [0.4, 0.5) is 4.79 Å². The lowest BCUT2D eigenvalue weighted by molar-refractivity contribution is -0.345. The van der Waals surface area contributed by atoms with E-state index in [0.717, 1.165) is 6.92 Å². The lowest BCUT2D eigenvalue weighted by Crippen LogP contribution is -2.82. The van der Waals surface area contributed by atoms with Gasteiger partial charge in [0.15, 0.2) is 23.6 Å². The zero-order valence-electron chi connectivity index (χ0n) is 38.1. The second-order valence-corrected chi connectivity index (χ2v) is 19.3. The molecule has 11 atom stereocenters. The van der Waals surface area contributed by atoms with Crippen LogP contribution in [0.3, 0.4) is 0 Å². The molecule has 16 heteroatoms. The number of ketones is 1. The summed E-state index contributed by atoms with van der Waals surface area (Å²) in [5.41, 5.74) is -8.49. The first-order valence-corrected chi connectivity index (χ1v) is 21.9. The van der Waals surface area contributed by atoms with Gasteiger partial charge in [-0.15, -0.1) is 0 Å². The minimum absolute atomic E-state index is 0.0366. The number of benzene rings is 3. The number of hydrogen-bond donors (Lipinski definition) is 4. The molecule has 0 spiro atoms. The molecule has 66 heavy (non-hydrogen) atoms. The minimum Gasteiger partial charge on any atom is -0.456 e. The molecule has 352 valence electrons. The fourth-order valence-electron chi connectivity index (χ4n) is 10.4. The minimum atomic E-state index is -2.44. The third-order valence-electron chi connectivity index (χ3n) is 13.8. The monoisotopic (exact) mass is 911 g/mol. The summed E-state index contributed by atoms with van der Waals surface area (Å²) in [6.07, 6.45) is -11.8. The average Bonchev–Trinajstić information content (AvgIpc) is 3.26. The quantitative estimate of drug-likeness (QED) is 0.117. The zero-order chi connectivity index (χ0) is 48.1. The van der Waals surface area contributed by atoms with E-state index in [0.29, 0.717) is 5.56 Å². The molecule has 2 saturated carbocycles. The molecule has 2 bridgehead atoms. The van der Waals surface area contributed by atoms with Crippen LogP contribution in [0.2, 0.25) is 0 Å². The lowest BCUT2D eigenvalue weighted by atomic mass is 9.44. The summed E-state index contributed by atoms with van der Waals surface area (Å²) in [6.45, 7) is 11.8. The highest BCUT2D eigenvalue weighted by Gasteiger charge is 2.78. The van der Waals surface area contributed by atoms with E-state index < -0.39 is 118 Å². The maximum atomic E-state index is 15.9. The number of rotatable bonds is 10. The van der Waals surface area contributed by atoms with Crippen LogP contribution in [0.1, 0.15) is 101 Å². The van der Waals surface area contributed by atoms with E-state index in [4.69, 9.17) is 28.4 Å².